The van der Waals surface area contributed by atoms with Crippen molar-refractivity contribution in [1.82, 2.24) is 15.0 Å². The highest BCUT2D eigenvalue weighted by atomic mass is 19.1. The molecule has 0 saturated carbocycles. The van der Waals surface area contributed by atoms with E-state index >= 15 is 0 Å². The van der Waals surface area contributed by atoms with Crippen molar-refractivity contribution >= 4 is 11.0 Å². The Morgan fingerprint density at radius 1 is 1.26 bits per heavy atom. The fourth-order valence-corrected chi connectivity index (χ4v) is 1.90. The fourth-order valence-electron chi connectivity index (χ4n) is 1.90. The molecule has 0 unspecified atom stereocenters. The van der Waals surface area contributed by atoms with Gasteiger partial charge in [-0.05, 0) is 18.2 Å². The Labute approximate surface area is 107 Å². The van der Waals surface area contributed by atoms with Crippen LogP contribution in [0.15, 0.2) is 30.5 Å². The van der Waals surface area contributed by atoms with Crippen molar-refractivity contribution in [3.63, 3.8) is 0 Å². The number of aromatic amines is 1. The van der Waals surface area contributed by atoms with Crippen molar-refractivity contribution in [1.29, 1.82) is 0 Å². The van der Waals surface area contributed by atoms with Gasteiger partial charge in [-0.3, -0.25) is 0 Å². The largest absolute Gasteiger partial charge is 0.480 e. The van der Waals surface area contributed by atoms with Gasteiger partial charge in [0.15, 0.2) is 5.82 Å². The molecule has 0 fully saturated rings. The topological polar surface area (TPSA) is 50.8 Å². The van der Waals surface area contributed by atoms with Crippen LogP contribution in [-0.2, 0) is 0 Å². The highest BCUT2D eigenvalue weighted by molar-refractivity contribution is 5.80. The lowest BCUT2D eigenvalue weighted by Gasteiger charge is -2.02. The maximum atomic E-state index is 13.6. The van der Waals surface area contributed by atoms with Crippen LogP contribution in [0.25, 0.3) is 22.4 Å². The van der Waals surface area contributed by atoms with Crippen LogP contribution in [0, 0.1) is 11.6 Å². The number of halogens is 2. The Morgan fingerprint density at radius 2 is 2.11 bits per heavy atom. The zero-order valence-electron chi connectivity index (χ0n) is 9.95. The van der Waals surface area contributed by atoms with Gasteiger partial charge >= 0.3 is 0 Å². The van der Waals surface area contributed by atoms with Gasteiger partial charge < -0.3 is 9.72 Å². The Balaban J connectivity index is 2.23. The first-order valence-electron chi connectivity index (χ1n) is 5.53. The number of hydrogen-bond donors (Lipinski definition) is 1. The molecular formula is C13H9F2N3O. The first-order valence-corrected chi connectivity index (χ1v) is 5.53. The van der Waals surface area contributed by atoms with E-state index in [1.807, 2.05) is 0 Å². The number of nitrogens with one attached hydrogen (secondary N) is 1. The van der Waals surface area contributed by atoms with Crippen LogP contribution >= 0.6 is 0 Å². The van der Waals surface area contributed by atoms with Crippen LogP contribution in [0.1, 0.15) is 0 Å². The molecule has 0 spiro atoms. The molecule has 3 aromatic rings. The number of fused-ring (bicyclic) bond motifs is 1. The lowest BCUT2D eigenvalue weighted by molar-refractivity contribution is 0.399. The molecule has 0 amide bonds. The number of ether oxygens (including phenoxy) is 1. The van der Waals surface area contributed by atoms with E-state index in [9.17, 15) is 8.78 Å². The molecule has 0 atom stereocenters. The number of H-pyrrole nitrogens is 1. The van der Waals surface area contributed by atoms with E-state index in [-0.39, 0.29) is 5.52 Å². The van der Waals surface area contributed by atoms with Crippen LogP contribution in [-0.4, -0.2) is 22.1 Å². The molecule has 4 nitrogen and oxygen atoms in total. The number of benzene rings is 1. The van der Waals surface area contributed by atoms with Crippen LogP contribution < -0.4 is 4.74 Å². The number of rotatable bonds is 2. The highest BCUT2D eigenvalue weighted by Gasteiger charge is 2.14. The summed E-state index contributed by atoms with van der Waals surface area (Å²) in [5, 5.41) is 0. The summed E-state index contributed by atoms with van der Waals surface area (Å²) >= 11 is 0. The molecule has 6 heteroatoms. The summed E-state index contributed by atoms with van der Waals surface area (Å²) in [4.78, 5) is 11.0. The van der Waals surface area contributed by atoms with E-state index in [0.717, 1.165) is 6.07 Å². The van der Waals surface area contributed by atoms with Gasteiger partial charge in [-0.1, -0.05) is 0 Å². The molecular weight excluding hydrogens is 252 g/mol. The smallest absolute Gasteiger partial charge is 0.224 e. The fraction of sp³-hybridized carbons (Fsp3) is 0.0769. The number of aromatic nitrogens is 3. The average Bonchev–Trinajstić information content (AvgIpc) is 2.82. The van der Waals surface area contributed by atoms with Crippen molar-refractivity contribution in [2.24, 2.45) is 0 Å². The third kappa shape index (κ3) is 1.91. The van der Waals surface area contributed by atoms with E-state index in [4.69, 9.17) is 4.74 Å². The first-order chi connectivity index (χ1) is 9.19. The minimum absolute atomic E-state index is 0.0855. The van der Waals surface area contributed by atoms with Crippen LogP contribution in [0.2, 0.25) is 0 Å². The molecule has 0 aliphatic rings. The second-order valence-electron chi connectivity index (χ2n) is 3.93. The van der Waals surface area contributed by atoms with E-state index in [0.29, 0.717) is 22.8 Å². The van der Waals surface area contributed by atoms with E-state index in [1.165, 1.54) is 13.2 Å². The van der Waals surface area contributed by atoms with Gasteiger partial charge in [-0.25, -0.2) is 18.7 Å². The summed E-state index contributed by atoms with van der Waals surface area (Å²) in [6, 6.07) is 5.44. The van der Waals surface area contributed by atoms with Gasteiger partial charge in [0.1, 0.15) is 17.2 Å². The van der Waals surface area contributed by atoms with Crippen molar-refractivity contribution in [3.8, 4) is 17.3 Å². The van der Waals surface area contributed by atoms with Gasteiger partial charge in [0.25, 0.3) is 0 Å². The summed E-state index contributed by atoms with van der Waals surface area (Å²) in [5.74, 6) is -0.620. The molecule has 19 heavy (non-hydrogen) atoms. The number of imidazole rings is 1. The minimum Gasteiger partial charge on any atom is -0.480 e. The normalized spacial score (nSPS) is 10.9. The molecule has 0 radical (unpaired) electrons. The molecule has 1 aromatic carbocycles. The number of pyridine rings is 1. The summed E-state index contributed by atoms with van der Waals surface area (Å²) in [5.41, 5.74) is 0.960. The first kappa shape index (κ1) is 11.6. The molecule has 0 bridgehead atoms. The third-order valence-corrected chi connectivity index (χ3v) is 2.72. The van der Waals surface area contributed by atoms with Gasteiger partial charge in [0, 0.05) is 12.3 Å². The summed E-state index contributed by atoms with van der Waals surface area (Å²) < 4.78 is 31.8. The Hall–Kier alpha value is -2.50. The highest BCUT2D eigenvalue weighted by Crippen LogP contribution is 2.28. The standard InChI is InChI=1S/C13H9F2N3O/c1-19-13-8(3-2-4-16-13)12-17-10-6-7(14)5-9(15)11(10)18-12/h2-6H,1H3,(H,17,18). The molecule has 0 aliphatic heterocycles. The second-order valence-corrected chi connectivity index (χ2v) is 3.93. The van der Waals surface area contributed by atoms with E-state index < -0.39 is 11.6 Å². The second kappa shape index (κ2) is 4.31. The Bertz CT molecular complexity index is 755. The van der Waals surface area contributed by atoms with Crippen molar-refractivity contribution < 1.29 is 13.5 Å². The average molecular weight is 261 g/mol. The lowest BCUT2D eigenvalue weighted by Crippen LogP contribution is -1.91. The van der Waals surface area contributed by atoms with Gasteiger partial charge in [0.2, 0.25) is 5.88 Å². The molecule has 2 heterocycles. The monoisotopic (exact) mass is 261 g/mol. The molecule has 96 valence electrons. The quantitative estimate of drug-likeness (QED) is 0.771. The Morgan fingerprint density at radius 3 is 2.89 bits per heavy atom. The summed E-state index contributed by atoms with van der Waals surface area (Å²) in [6.45, 7) is 0. The third-order valence-electron chi connectivity index (χ3n) is 2.72. The van der Waals surface area contributed by atoms with Crippen molar-refractivity contribution in [2.75, 3.05) is 7.11 Å². The van der Waals surface area contributed by atoms with E-state index in [2.05, 4.69) is 15.0 Å². The minimum atomic E-state index is -0.708. The molecule has 3 rings (SSSR count). The van der Waals surface area contributed by atoms with Gasteiger partial charge in [-0.2, -0.15) is 0 Å². The number of methoxy groups -OCH3 is 1. The van der Waals surface area contributed by atoms with E-state index in [1.54, 1.807) is 18.3 Å². The molecule has 2 aromatic heterocycles. The summed E-state index contributed by atoms with van der Waals surface area (Å²) in [7, 11) is 1.48. The van der Waals surface area contributed by atoms with Crippen LogP contribution in [0.3, 0.4) is 0 Å². The van der Waals surface area contributed by atoms with Crippen LogP contribution in [0.4, 0.5) is 8.78 Å². The number of nitrogens with zero attached hydrogens (tertiary/aromatic N) is 2. The summed E-state index contributed by atoms with van der Waals surface area (Å²) in [6.07, 6.45) is 1.57. The zero-order valence-corrected chi connectivity index (χ0v) is 9.95. The van der Waals surface area contributed by atoms with Crippen LogP contribution in [0.5, 0.6) is 5.88 Å². The predicted octanol–water partition coefficient (Wildman–Crippen LogP) is 2.91. The van der Waals surface area contributed by atoms with Crippen molar-refractivity contribution in [3.05, 3.63) is 42.1 Å². The zero-order chi connectivity index (χ0) is 13.4. The Kier molecular flexibility index (Phi) is 2.63. The maximum absolute atomic E-state index is 13.6. The molecule has 0 aliphatic carbocycles. The SMILES string of the molecule is COc1ncccc1-c1nc2c(F)cc(F)cc2[nH]1. The maximum Gasteiger partial charge on any atom is 0.224 e. The molecule has 0 saturated heterocycles. The number of hydrogen-bond acceptors (Lipinski definition) is 3. The van der Waals surface area contributed by atoms with Gasteiger partial charge in [0.05, 0.1) is 18.2 Å². The lowest BCUT2D eigenvalue weighted by atomic mass is 10.2. The molecule has 1 N–H and O–H groups in total. The van der Waals surface area contributed by atoms with Gasteiger partial charge in [-0.15, -0.1) is 0 Å². The predicted molar refractivity (Wildman–Crippen MR) is 65.8 cm³/mol. The van der Waals surface area contributed by atoms with Crippen molar-refractivity contribution in [2.45, 2.75) is 0 Å².